The van der Waals surface area contributed by atoms with E-state index in [4.69, 9.17) is 15.2 Å². The summed E-state index contributed by atoms with van der Waals surface area (Å²) in [4.78, 5) is 13.4. The number of hydrogen-bond acceptors (Lipinski definition) is 5. The third-order valence-corrected chi connectivity index (χ3v) is 19.0. The molecule has 0 saturated carbocycles. The fraction of sp³-hybridized carbons (Fsp3) is 0.0312. The second-order valence-corrected chi connectivity index (χ2v) is 22.6. The Morgan fingerprint density at radius 1 is 0.465 bits per heavy atom. The summed E-state index contributed by atoms with van der Waals surface area (Å²) in [5.74, 6) is 0. The molecule has 0 atom stereocenters. The predicted molar refractivity (Wildman–Crippen MR) is 305 cm³/mol. The third-order valence-electron chi connectivity index (χ3n) is 13.0. The Balaban J connectivity index is 0.841. The van der Waals surface area contributed by atoms with Crippen LogP contribution in [0.25, 0.3) is 60.5 Å². The fourth-order valence-corrected chi connectivity index (χ4v) is 15.2. The first-order valence-electron chi connectivity index (χ1n) is 23.8. The standard InChI is InChI=1S/C64H47IN6/c1-66-60-22-6-7-23-61(60)67-44-45-27-37-54(38-28-45)70(64-26-12-16-49-14-3-5-20-58(49)64)55-39-31-47(32-40-55)51-18-10-17-50(43-51)46-29-33-52(34-30-46)65(59-21-11-15-48-13-2-4-19-57(48)59)53-35-41-56(42-36-53)71-68-62-24-8-9-25-63(62)69-71/h2-43H,44H2,1H3. The van der Waals surface area contributed by atoms with Gasteiger partial charge in [-0.1, -0.05) is 60.7 Å². The first-order chi connectivity index (χ1) is 35.1. The number of hydrogen-bond donors (Lipinski definition) is 0. The van der Waals surface area contributed by atoms with Crippen molar-refractivity contribution in [3.8, 4) is 27.9 Å². The first kappa shape index (κ1) is 43.7. The van der Waals surface area contributed by atoms with Crippen LogP contribution >= 0.6 is 19.8 Å². The van der Waals surface area contributed by atoms with Gasteiger partial charge in [-0.3, -0.25) is 9.98 Å². The molecule has 0 amide bonds. The molecule has 0 radical (unpaired) electrons. The van der Waals surface area contributed by atoms with Crippen molar-refractivity contribution in [2.75, 3.05) is 11.9 Å². The number of fused-ring (bicyclic) bond motifs is 3. The molecule has 0 spiro atoms. The molecule has 0 N–H and O–H groups in total. The molecule has 340 valence electrons. The molecular formula is C64H47IN6. The summed E-state index contributed by atoms with van der Waals surface area (Å²) in [5, 5.41) is 14.5. The van der Waals surface area contributed by atoms with E-state index < -0.39 is 19.8 Å². The zero-order valence-corrected chi connectivity index (χ0v) is 41.2. The fourth-order valence-electron chi connectivity index (χ4n) is 9.38. The summed E-state index contributed by atoms with van der Waals surface area (Å²) in [6, 6.07) is 83.6. The van der Waals surface area contributed by atoms with E-state index in [1.807, 2.05) is 55.6 Å². The second-order valence-electron chi connectivity index (χ2n) is 17.4. The Bertz CT molecular complexity index is 3800. The maximum absolute atomic E-state index is 4.89. The van der Waals surface area contributed by atoms with Gasteiger partial charge in [0.15, 0.2) is 0 Å². The summed E-state index contributed by atoms with van der Waals surface area (Å²) in [6.45, 7) is 0.575. The predicted octanol–water partition coefficient (Wildman–Crippen LogP) is 16.1. The molecule has 0 bridgehead atoms. The van der Waals surface area contributed by atoms with Crippen molar-refractivity contribution in [2.45, 2.75) is 6.54 Å². The molecule has 7 heteroatoms. The van der Waals surface area contributed by atoms with Crippen molar-refractivity contribution in [3.05, 3.63) is 271 Å². The van der Waals surface area contributed by atoms with E-state index in [-0.39, 0.29) is 0 Å². The number of rotatable bonds is 11. The van der Waals surface area contributed by atoms with E-state index in [9.17, 15) is 0 Å². The van der Waals surface area contributed by atoms with Gasteiger partial charge in [0.1, 0.15) is 0 Å². The van der Waals surface area contributed by atoms with Gasteiger partial charge in [0.25, 0.3) is 0 Å². The first-order valence-corrected chi connectivity index (χ1v) is 27.0. The Kier molecular flexibility index (Phi) is 12.0. The topological polar surface area (TPSA) is 58.7 Å². The average molecular weight is 1030 g/mol. The van der Waals surface area contributed by atoms with Crippen LogP contribution in [0.2, 0.25) is 0 Å². The molecule has 0 saturated heterocycles. The van der Waals surface area contributed by atoms with Gasteiger partial charge in [0.05, 0.1) is 23.7 Å². The van der Waals surface area contributed by atoms with Crippen molar-refractivity contribution in [1.29, 1.82) is 0 Å². The van der Waals surface area contributed by atoms with Gasteiger partial charge in [-0.05, 0) is 41.3 Å². The van der Waals surface area contributed by atoms with Crippen LogP contribution in [0.1, 0.15) is 5.56 Å². The number of nitrogens with zero attached hydrogens (tertiary/aromatic N) is 6. The van der Waals surface area contributed by atoms with Crippen LogP contribution in [0.4, 0.5) is 17.1 Å². The van der Waals surface area contributed by atoms with Crippen LogP contribution in [0.3, 0.4) is 0 Å². The number of aromatic nitrogens is 3. The Labute approximate surface area is 420 Å². The van der Waals surface area contributed by atoms with Gasteiger partial charge in [0.2, 0.25) is 0 Å². The minimum Gasteiger partial charge on any atom is -0.0616 e. The quantitative estimate of drug-likeness (QED) is 0.0958. The number of aliphatic imine (C=N–C) groups is 2. The van der Waals surface area contributed by atoms with Gasteiger partial charge in [0, 0.05) is 18.1 Å². The monoisotopic (exact) mass is 1030 g/mol. The molecule has 0 aliphatic heterocycles. The molecule has 6 nitrogen and oxygen atoms in total. The number of halogens is 1. The Morgan fingerprint density at radius 2 is 0.986 bits per heavy atom. The van der Waals surface area contributed by atoms with Crippen molar-refractivity contribution < 1.29 is 0 Å². The van der Waals surface area contributed by atoms with Gasteiger partial charge in [-0.15, -0.1) is 0 Å². The number of anilines is 3. The van der Waals surface area contributed by atoms with E-state index >= 15 is 0 Å². The van der Waals surface area contributed by atoms with Crippen molar-refractivity contribution in [2.24, 2.45) is 9.98 Å². The molecule has 71 heavy (non-hydrogen) atoms. The summed E-state index contributed by atoms with van der Waals surface area (Å²) in [5.41, 5.74) is 13.7. The Morgan fingerprint density at radius 3 is 1.65 bits per heavy atom. The summed E-state index contributed by atoms with van der Waals surface area (Å²) < 4.78 is 4.16. The van der Waals surface area contributed by atoms with Gasteiger partial charge >= 0.3 is 270 Å². The van der Waals surface area contributed by atoms with E-state index in [1.54, 1.807) is 4.80 Å². The van der Waals surface area contributed by atoms with Crippen LogP contribution in [-0.4, -0.2) is 33.5 Å². The van der Waals surface area contributed by atoms with Crippen molar-refractivity contribution in [1.82, 2.24) is 15.0 Å². The Hall–Kier alpha value is -8.53. The van der Waals surface area contributed by atoms with E-state index in [1.165, 1.54) is 48.9 Å². The molecule has 11 aromatic rings. The number of allylic oxidation sites excluding steroid dienone is 4. The third kappa shape index (κ3) is 8.88. The van der Waals surface area contributed by atoms with Crippen LogP contribution in [0.15, 0.2) is 265 Å². The molecule has 12 rings (SSSR count). The molecule has 1 heterocycles. The zero-order valence-electron chi connectivity index (χ0n) is 39.0. The minimum absolute atomic E-state index is 0.575. The van der Waals surface area contributed by atoms with Gasteiger partial charge < -0.3 is 0 Å². The molecule has 10 aromatic carbocycles. The SMILES string of the molecule is CN=C1C=CC=CC1=NCc1ccc(N(c2ccc(-c3cccc(-c4ccc(I(c5ccc(-n6nc7ccccc7n6)cc5)c5cccc6ccccc56)cc4)c3)cc2)c2cccc3ccccc23)cc1. The zero-order chi connectivity index (χ0) is 47.5. The summed E-state index contributed by atoms with van der Waals surface area (Å²) in [6.07, 6.45) is 8.02. The van der Waals surface area contributed by atoms with E-state index in [2.05, 4.69) is 216 Å². The smallest absolute Gasteiger partial charge is 0.0540 e. The van der Waals surface area contributed by atoms with Crippen molar-refractivity contribution in [3.63, 3.8) is 0 Å². The summed E-state index contributed by atoms with van der Waals surface area (Å²) in [7, 11) is 1.81. The minimum atomic E-state index is -2.18. The van der Waals surface area contributed by atoms with Crippen LogP contribution in [0, 0.1) is 10.7 Å². The molecule has 0 fully saturated rings. The molecular weight excluding hydrogens is 980 g/mol. The average Bonchev–Trinajstić information content (AvgIpc) is 3.89. The van der Waals surface area contributed by atoms with Crippen molar-refractivity contribution >= 4 is 80.9 Å². The van der Waals surface area contributed by atoms with E-state index in [0.29, 0.717) is 6.54 Å². The van der Waals surface area contributed by atoms with Gasteiger partial charge in [-0.25, -0.2) is 0 Å². The van der Waals surface area contributed by atoms with Gasteiger partial charge in [-0.2, -0.15) is 0 Å². The van der Waals surface area contributed by atoms with Crippen LogP contribution < -0.4 is 4.90 Å². The van der Waals surface area contributed by atoms with E-state index in [0.717, 1.165) is 56.3 Å². The maximum atomic E-state index is 4.89. The largest absolute Gasteiger partial charge is 0.0616 e. The van der Waals surface area contributed by atoms with Crippen LogP contribution in [-0.2, 0) is 6.54 Å². The molecule has 0 unspecified atom stereocenters. The molecule has 1 aromatic heterocycles. The second kappa shape index (κ2) is 19.5. The van der Waals surface area contributed by atoms with Crippen LogP contribution in [0.5, 0.6) is 0 Å². The number of benzene rings is 10. The maximum Gasteiger partial charge on any atom is 0.0540 e. The normalized spacial score (nSPS) is 13.7. The summed E-state index contributed by atoms with van der Waals surface area (Å²) >= 11 is -2.18. The molecule has 1 aliphatic carbocycles. The molecule has 1 aliphatic rings.